The van der Waals surface area contributed by atoms with Gasteiger partial charge in [0, 0.05) is 13.1 Å². The summed E-state index contributed by atoms with van der Waals surface area (Å²) < 4.78 is 5.65. The van der Waals surface area contributed by atoms with E-state index in [0.717, 1.165) is 11.3 Å². The van der Waals surface area contributed by atoms with E-state index in [-0.39, 0.29) is 17.7 Å². The van der Waals surface area contributed by atoms with Gasteiger partial charge in [-0.05, 0) is 24.0 Å². The number of para-hydroxylation sites is 1. The summed E-state index contributed by atoms with van der Waals surface area (Å²) in [6, 6.07) is 7.74. The Bertz CT molecular complexity index is 571. The van der Waals surface area contributed by atoms with Gasteiger partial charge in [0.15, 0.2) is 0 Å². The molecule has 3 rings (SSSR count). The lowest BCUT2D eigenvalue weighted by atomic mass is 9.95. The standard InChI is InChI=1S/C16H19NO4/c1-10-7-17(8-13(10)16(19)20)15(18)12-6-11-4-2-3-5-14(11)21-9-12/h2-5,10,12-13H,6-9H2,1H3,(H,19,20). The van der Waals surface area contributed by atoms with Crippen LogP contribution in [0.15, 0.2) is 24.3 Å². The number of hydrogen-bond donors (Lipinski definition) is 1. The van der Waals surface area contributed by atoms with E-state index in [2.05, 4.69) is 0 Å². The molecule has 2 aliphatic rings. The zero-order valence-electron chi connectivity index (χ0n) is 12.0. The number of ether oxygens (including phenoxy) is 1. The molecule has 3 atom stereocenters. The number of amides is 1. The molecule has 2 heterocycles. The van der Waals surface area contributed by atoms with Crippen LogP contribution >= 0.6 is 0 Å². The fraction of sp³-hybridized carbons (Fsp3) is 0.500. The molecule has 0 radical (unpaired) electrons. The normalized spacial score (nSPS) is 27.9. The molecule has 21 heavy (non-hydrogen) atoms. The molecular weight excluding hydrogens is 270 g/mol. The first-order chi connectivity index (χ1) is 10.1. The Labute approximate surface area is 123 Å². The first-order valence-electron chi connectivity index (χ1n) is 7.28. The number of nitrogens with zero attached hydrogens (tertiary/aromatic N) is 1. The maximum absolute atomic E-state index is 12.6. The zero-order chi connectivity index (χ0) is 15.0. The molecule has 1 aromatic carbocycles. The number of aliphatic carboxylic acids is 1. The molecule has 1 fully saturated rings. The number of likely N-dealkylation sites (tertiary alicyclic amines) is 1. The highest BCUT2D eigenvalue weighted by Crippen LogP contribution is 2.30. The van der Waals surface area contributed by atoms with Crippen LogP contribution in [-0.2, 0) is 16.0 Å². The highest BCUT2D eigenvalue weighted by molar-refractivity contribution is 5.81. The van der Waals surface area contributed by atoms with E-state index >= 15 is 0 Å². The van der Waals surface area contributed by atoms with Crippen molar-refractivity contribution in [2.45, 2.75) is 13.3 Å². The summed E-state index contributed by atoms with van der Waals surface area (Å²) in [7, 11) is 0. The van der Waals surface area contributed by atoms with Crippen LogP contribution in [0.4, 0.5) is 0 Å². The Kier molecular flexibility index (Phi) is 3.57. The highest BCUT2D eigenvalue weighted by Gasteiger charge is 2.39. The van der Waals surface area contributed by atoms with E-state index in [1.165, 1.54) is 0 Å². The Morgan fingerprint density at radius 3 is 2.76 bits per heavy atom. The first kappa shape index (κ1) is 13.9. The predicted molar refractivity (Wildman–Crippen MR) is 76.0 cm³/mol. The molecule has 1 N–H and O–H groups in total. The Hall–Kier alpha value is -2.04. The monoisotopic (exact) mass is 289 g/mol. The molecule has 1 saturated heterocycles. The summed E-state index contributed by atoms with van der Waals surface area (Å²) >= 11 is 0. The molecule has 0 bridgehead atoms. The second kappa shape index (κ2) is 5.39. The summed E-state index contributed by atoms with van der Waals surface area (Å²) in [5, 5.41) is 9.16. The van der Waals surface area contributed by atoms with Gasteiger partial charge < -0.3 is 14.7 Å². The van der Waals surface area contributed by atoms with Gasteiger partial charge in [-0.1, -0.05) is 25.1 Å². The van der Waals surface area contributed by atoms with Crippen molar-refractivity contribution in [3.8, 4) is 5.75 Å². The molecule has 1 aromatic rings. The lowest BCUT2D eigenvalue weighted by molar-refractivity contribution is -0.142. The molecule has 5 heteroatoms. The second-order valence-corrected chi connectivity index (χ2v) is 5.99. The van der Waals surface area contributed by atoms with Crippen molar-refractivity contribution in [1.82, 2.24) is 4.90 Å². The largest absolute Gasteiger partial charge is 0.492 e. The van der Waals surface area contributed by atoms with Gasteiger partial charge in [-0.25, -0.2) is 0 Å². The number of carboxylic acids is 1. The molecule has 2 aliphatic heterocycles. The van der Waals surface area contributed by atoms with Crippen LogP contribution in [-0.4, -0.2) is 41.6 Å². The van der Waals surface area contributed by atoms with Crippen LogP contribution in [0.5, 0.6) is 5.75 Å². The predicted octanol–water partition coefficient (Wildman–Crippen LogP) is 1.42. The van der Waals surface area contributed by atoms with Crippen LogP contribution in [0, 0.1) is 17.8 Å². The van der Waals surface area contributed by atoms with Crippen LogP contribution in [0.1, 0.15) is 12.5 Å². The van der Waals surface area contributed by atoms with Crippen molar-refractivity contribution in [3.63, 3.8) is 0 Å². The molecule has 112 valence electrons. The maximum Gasteiger partial charge on any atom is 0.308 e. The molecule has 0 saturated carbocycles. The first-order valence-corrected chi connectivity index (χ1v) is 7.28. The Morgan fingerprint density at radius 1 is 1.29 bits per heavy atom. The second-order valence-electron chi connectivity index (χ2n) is 5.99. The molecule has 0 spiro atoms. The van der Waals surface area contributed by atoms with Gasteiger partial charge in [0.25, 0.3) is 0 Å². The Balaban J connectivity index is 1.69. The zero-order valence-corrected chi connectivity index (χ0v) is 12.0. The summed E-state index contributed by atoms with van der Waals surface area (Å²) in [6.07, 6.45) is 0.664. The molecule has 1 amide bonds. The average molecular weight is 289 g/mol. The third-order valence-corrected chi connectivity index (χ3v) is 4.47. The van der Waals surface area contributed by atoms with Gasteiger partial charge in [0.2, 0.25) is 5.91 Å². The van der Waals surface area contributed by atoms with E-state index in [1.807, 2.05) is 31.2 Å². The number of hydrogen-bond acceptors (Lipinski definition) is 3. The average Bonchev–Trinajstić information content (AvgIpc) is 2.88. The minimum atomic E-state index is -0.817. The maximum atomic E-state index is 12.6. The quantitative estimate of drug-likeness (QED) is 0.894. The van der Waals surface area contributed by atoms with Gasteiger partial charge in [-0.3, -0.25) is 9.59 Å². The fourth-order valence-corrected chi connectivity index (χ4v) is 3.21. The highest BCUT2D eigenvalue weighted by atomic mass is 16.5. The summed E-state index contributed by atoms with van der Waals surface area (Å²) in [5.74, 6) is -0.614. The van der Waals surface area contributed by atoms with Crippen molar-refractivity contribution in [2.24, 2.45) is 17.8 Å². The number of carboxylic acid groups (broad SMARTS) is 1. The van der Waals surface area contributed by atoms with E-state index in [4.69, 9.17) is 9.84 Å². The third kappa shape index (κ3) is 2.60. The van der Waals surface area contributed by atoms with Gasteiger partial charge in [-0.15, -0.1) is 0 Å². The summed E-state index contributed by atoms with van der Waals surface area (Å²) in [4.78, 5) is 25.4. The van der Waals surface area contributed by atoms with Crippen molar-refractivity contribution in [2.75, 3.05) is 19.7 Å². The van der Waals surface area contributed by atoms with Gasteiger partial charge in [-0.2, -0.15) is 0 Å². The fourth-order valence-electron chi connectivity index (χ4n) is 3.21. The van der Waals surface area contributed by atoms with Gasteiger partial charge in [0.1, 0.15) is 12.4 Å². The molecule has 0 aromatic heterocycles. The number of rotatable bonds is 2. The van der Waals surface area contributed by atoms with E-state index in [0.29, 0.717) is 26.1 Å². The number of carbonyl (C=O) groups excluding carboxylic acids is 1. The van der Waals surface area contributed by atoms with Crippen molar-refractivity contribution in [1.29, 1.82) is 0 Å². The number of benzene rings is 1. The van der Waals surface area contributed by atoms with E-state index in [9.17, 15) is 9.59 Å². The number of fused-ring (bicyclic) bond motifs is 1. The summed E-state index contributed by atoms with van der Waals surface area (Å²) in [6.45, 7) is 3.10. The SMILES string of the molecule is CC1CN(C(=O)C2COc3ccccc3C2)CC1C(=O)O. The van der Waals surface area contributed by atoms with Crippen LogP contribution < -0.4 is 4.74 Å². The third-order valence-electron chi connectivity index (χ3n) is 4.47. The minimum Gasteiger partial charge on any atom is -0.492 e. The topological polar surface area (TPSA) is 66.8 Å². The van der Waals surface area contributed by atoms with E-state index in [1.54, 1.807) is 4.90 Å². The molecule has 0 aliphatic carbocycles. The smallest absolute Gasteiger partial charge is 0.308 e. The minimum absolute atomic E-state index is 0.00300. The lowest BCUT2D eigenvalue weighted by Gasteiger charge is -2.28. The van der Waals surface area contributed by atoms with E-state index < -0.39 is 11.9 Å². The Morgan fingerprint density at radius 2 is 2.05 bits per heavy atom. The number of carbonyl (C=O) groups is 2. The molecule has 3 unspecified atom stereocenters. The lowest BCUT2D eigenvalue weighted by Crippen LogP contribution is -2.40. The molecule has 5 nitrogen and oxygen atoms in total. The van der Waals surface area contributed by atoms with Crippen LogP contribution in [0.2, 0.25) is 0 Å². The van der Waals surface area contributed by atoms with Crippen molar-refractivity contribution >= 4 is 11.9 Å². The van der Waals surface area contributed by atoms with Crippen molar-refractivity contribution in [3.05, 3.63) is 29.8 Å². The van der Waals surface area contributed by atoms with Crippen molar-refractivity contribution < 1.29 is 19.4 Å². The van der Waals surface area contributed by atoms with Crippen LogP contribution in [0.25, 0.3) is 0 Å². The summed E-state index contributed by atoms with van der Waals surface area (Å²) in [5.41, 5.74) is 1.05. The molecular formula is C16H19NO4. The van der Waals surface area contributed by atoms with Gasteiger partial charge in [0.05, 0.1) is 11.8 Å². The van der Waals surface area contributed by atoms with Gasteiger partial charge >= 0.3 is 5.97 Å². The van der Waals surface area contributed by atoms with Crippen LogP contribution in [0.3, 0.4) is 0 Å².